The summed E-state index contributed by atoms with van der Waals surface area (Å²) in [6.45, 7) is 10.7. The number of phenols is 1. The number of fused-ring (bicyclic) bond motifs is 3. The molecule has 3 unspecified atom stereocenters. The lowest BCUT2D eigenvalue weighted by atomic mass is 9.73. The molecule has 87 heavy (non-hydrogen) atoms. The fourth-order valence-corrected chi connectivity index (χ4v) is 11.3. The highest BCUT2D eigenvalue weighted by Gasteiger charge is 2.59. The van der Waals surface area contributed by atoms with E-state index >= 15 is 0 Å². The molecular formula is C63H66F12N6O6. The molecule has 0 bridgehead atoms. The summed E-state index contributed by atoms with van der Waals surface area (Å²) in [6, 6.07) is 18.5. The number of halogens is 12. The van der Waals surface area contributed by atoms with Gasteiger partial charge in [-0.15, -0.1) is 0 Å². The Balaban J connectivity index is 0.000000187. The van der Waals surface area contributed by atoms with Gasteiger partial charge in [0, 0.05) is 99.5 Å². The number of hydrogen-bond donors (Lipinski definition) is 7. The van der Waals surface area contributed by atoms with Crippen LogP contribution in [-0.4, -0.2) is 99.9 Å². The third-order valence-corrected chi connectivity index (χ3v) is 15.6. The minimum absolute atomic E-state index is 0.00368. The van der Waals surface area contributed by atoms with E-state index in [-0.39, 0.29) is 51.0 Å². The number of methoxy groups -OCH3 is 2. The number of aryl methyl sites for hydroxylation is 1. The molecule has 0 saturated carbocycles. The first-order valence-corrected chi connectivity index (χ1v) is 27.0. The molecule has 0 aliphatic heterocycles. The van der Waals surface area contributed by atoms with Gasteiger partial charge in [-0.2, -0.15) is 39.5 Å². The maximum atomic E-state index is 14.1. The molecule has 468 valence electrons. The third-order valence-electron chi connectivity index (χ3n) is 15.6. The predicted molar refractivity (Wildman–Crippen MR) is 304 cm³/mol. The molecule has 12 nitrogen and oxygen atoms in total. The van der Waals surface area contributed by atoms with Crippen molar-refractivity contribution in [1.29, 1.82) is 0 Å². The van der Waals surface area contributed by atoms with E-state index in [1.54, 1.807) is 31.3 Å². The van der Waals surface area contributed by atoms with Gasteiger partial charge in [0.05, 0.1) is 37.6 Å². The van der Waals surface area contributed by atoms with Crippen LogP contribution in [0.15, 0.2) is 122 Å². The van der Waals surface area contributed by atoms with E-state index in [2.05, 4.69) is 29.9 Å². The number of aromatic hydroxyl groups is 1. The smallest absolute Gasteiger partial charge is 0.417 e. The van der Waals surface area contributed by atoms with Gasteiger partial charge in [-0.05, 0) is 133 Å². The van der Waals surface area contributed by atoms with Crippen LogP contribution in [0.3, 0.4) is 0 Å². The lowest BCUT2D eigenvalue weighted by Crippen LogP contribution is -2.51. The van der Waals surface area contributed by atoms with Crippen LogP contribution in [0.2, 0.25) is 0 Å². The Morgan fingerprint density at radius 3 is 1.31 bits per heavy atom. The van der Waals surface area contributed by atoms with Crippen LogP contribution in [0, 0.1) is 24.4 Å². The number of H-pyrrole nitrogens is 3. The lowest BCUT2D eigenvalue weighted by Gasteiger charge is -2.38. The highest BCUT2D eigenvalue weighted by atomic mass is 19.4. The number of benzene rings is 3. The summed E-state index contributed by atoms with van der Waals surface area (Å²) in [5, 5.41) is 44.4. The van der Waals surface area contributed by atoms with Crippen LogP contribution < -0.4 is 9.47 Å². The Bertz CT molecular complexity index is 3790. The lowest BCUT2D eigenvalue weighted by molar-refractivity contribution is -0.266. The highest BCUT2D eigenvalue weighted by molar-refractivity contribution is 5.83. The van der Waals surface area contributed by atoms with Gasteiger partial charge >= 0.3 is 18.5 Å². The Hall–Kier alpha value is -7.83. The molecule has 9 rings (SSSR count). The molecule has 0 spiro atoms. The number of phenolic OH excluding ortho intramolecular Hbond substituents is 1. The van der Waals surface area contributed by atoms with Gasteiger partial charge in [0.15, 0.2) is 16.8 Å². The maximum absolute atomic E-state index is 14.1. The molecule has 6 heterocycles. The fourth-order valence-electron chi connectivity index (χ4n) is 11.3. The average Bonchev–Trinajstić information content (AvgIpc) is 2.05. The molecule has 0 fully saturated rings. The van der Waals surface area contributed by atoms with E-state index in [1.165, 1.54) is 123 Å². The SMILES string of the molecule is CC(C)(CC(O)(Cc1cc2ccncc2[nH]1)C(F)(F)F)c1cc(F)ccc1O.COc1ccc(F)cc1C(C)(C)CC(O)(Cc1[nH]c2cnccc2c1C)C(F)(F)F.COc1ccc(F)cc1C(C)(C)CC(O)(Cc1cc2cnccc2[nH]1)C(F)(F)F. The van der Waals surface area contributed by atoms with Crippen molar-refractivity contribution in [1.82, 2.24) is 29.9 Å². The largest absolute Gasteiger partial charge is 0.508 e. The Kier molecular flexibility index (Phi) is 19.0. The van der Waals surface area contributed by atoms with Crippen molar-refractivity contribution in [2.24, 2.45) is 0 Å². The standard InChI is InChI=1S/C22H24F4N2O2.C21H22F4N2O2.C20H20F4N2O2/c1-13-15-7-8-27-11-18(15)28-17(13)10-21(29,22(24,25)26)12-20(2,3)16-9-14(23)5-6-19(16)30-4;1-19(2,16-9-14(22)4-5-18(16)29-3)12-20(28,21(23,24)25)10-15-8-13-11-26-7-6-17(13)27-15;1-18(2,15-8-13(21)3-4-17(15)27)11-19(28,20(22,23)24)9-14-7-12-5-6-25-10-16(12)26-14/h5-9,11,28-29H,10,12H2,1-4H3;4-9,11,27-28H,10,12H2,1-3H3;3-8,10,26-28H,9,11H2,1-2H3. The number of nitrogens with one attached hydrogen (secondary N) is 3. The Morgan fingerprint density at radius 1 is 0.448 bits per heavy atom. The van der Waals surface area contributed by atoms with Crippen molar-refractivity contribution in [2.75, 3.05) is 14.2 Å². The molecule has 24 heteroatoms. The molecule has 0 aliphatic rings. The number of aromatic nitrogens is 6. The molecule has 3 aromatic carbocycles. The molecule has 9 aromatic rings. The van der Waals surface area contributed by atoms with E-state index < -0.39 is 108 Å². The third kappa shape index (κ3) is 15.0. The molecule has 6 aromatic heterocycles. The predicted octanol–water partition coefficient (Wildman–Crippen LogP) is 14.7. The number of pyridine rings is 3. The van der Waals surface area contributed by atoms with Crippen LogP contribution >= 0.6 is 0 Å². The second-order valence-electron chi connectivity index (χ2n) is 23.8. The molecule has 3 atom stereocenters. The van der Waals surface area contributed by atoms with Crippen molar-refractivity contribution in [2.45, 2.75) is 139 Å². The summed E-state index contributed by atoms with van der Waals surface area (Å²) in [5.74, 6) is -1.66. The first-order chi connectivity index (χ1) is 40.2. The average molecular weight is 1230 g/mol. The second-order valence-corrected chi connectivity index (χ2v) is 23.8. The molecule has 0 radical (unpaired) electrons. The van der Waals surface area contributed by atoms with E-state index in [9.17, 15) is 73.1 Å². The van der Waals surface area contributed by atoms with Crippen LogP contribution in [0.4, 0.5) is 52.7 Å². The number of hydrogen-bond acceptors (Lipinski definition) is 9. The molecule has 0 amide bonds. The first-order valence-electron chi connectivity index (χ1n) is 27.0. The van der Waals surface area contributed by atoms with Crippen molar-refractivity contribution in [3.63, 3.8) is 0 Å². The van der Waals surface area contributed by atoms with Crippen molar-refractivity contribution >= 4 is 32.7 Å². The van der Waals surface area contributed by atoms with Crippen molar-refractivity contribution in [3.05, 3.63) is 179 Å². The first kappa shape index (κ1) is 66.7. The zero-order valence-corrected chi connectivity index (χ0v) is 48.8. The van der Waals surface area contributed by atoms with Crippen LogP contribution in [-0.2, 0) is 35.5 Å². The highest BCUT2D eigenvalue weighted by Crippen LogP contribution is 2.49. The second kappa shape index (κ2) is 24.7. The van der Waals surface area contributed by atoms with Gasteiger partial charge in [-0.25, -0.2) is 13.2 Å². The number of aromatic amines is 3. The van der Waals surface area contributed by atoms with E-state index in [1.807, 2.05) is 0 Å². The summed E-state index contributed by atoms with van der Waals surface area (Å²) < 4.78 is 177. The monoisotopic (exact) mass is 1230 g/mol. The summed E-state index contributed by atoms with van der Waals surface area (Å²) >= 11 is 0. The minimum Gasteiger partial charge on any atom is -0.508 e. The van der Waals surface area contributed by atoms with E-state index in [4.69, 9.17) is 9.47 Å². The van der Waals surface area contributed by atoms with Crippen LogP contribution in [0.5, 0.6) is 17.2 Å². The molecule has 0 saturated heterocycles. The van der Waals surface area contributed by atoms with Gasteiger partial charge in [-0.1, -0.05) is 41.5 Å². The van der Waals surface area contributed by atoms with Gasteiger partial charge < -0.3 is 44.9 Å². The summed E-state index contributed by atoms with van der Waals surface area (Å²) in [6.07, 6.45) is -9.80. The zero-order valence-electron chi connectivity index (χ0n) is 48.8. The van der Waals surface area contributed by atoms with E-state index in [0.29, 0.717) is 32.9 Å². The topological polar surface area (TPSA) is 185 Å². The summed E-state index contributed by atoms with van der Waals surface area (Å²) in [4.78, 5) is 20.5. The number of ether oxygens (including phenoxy) is 2. The Morgan fingerprint density at radius 2 is 0.851 bits per heavy atom. The van der Waals surface area contributed by atoms with Gasteiger partial charge in [0.25, 0.3) is 0 Å². The zero-order chi connectivity index (χ0) is 64.5. The van der Waals surface area contributed by atoms with Crippen molar-refractivity contribution < 1.29 is 82.6 Å². The maximum Gasteiger partial charge on any atom is 0.417 e. The number of rotatable bonds is 17. The van der Waals surface area contributed by atoms with Crippen LogP contribution in [0.1, 0.15) is 100 Å². The number of nitrogens with zero attached hydrogens (tertiary/aromatic N) is 3. The molecule has 7 N–H and O–H groups in total. The fraction of sp³-hybridized carbons (Fsp3) is 0.381. The van der Waals surface area contributed by atoms with Crippen molar-refractivity contribution in [3.8, 4) is 17.2 Å². The van der Waals surface area contributed by atoms with Gasteiger partial charge in [0.2, 0.25) is 0 Å². The normalized spacial score (nSPS) is 14.8. The summed E-state index contributed by atoms with van der Waals surface area (Å²) in [7, 11) is 2.73. The van der Waals surface area contributed by atoms with Crippen LogP contribution in [0.25, 0.3) is 32.7 Å². The molecular weight excluding hydrogens is 1160 g/mol. The van der Waals surface area contributed by atoms with Gasteiger partial charge in [0.1, 0.15) is 34.7 Å². The number of aliphatic hydroxyl groups is 3. The van der Waals surface area contributed by atoms with Gasteiger partial charge in [-0.3, -0.25) is 15.0 Å². The summed E-state index contributed by atoms with van der Waals surface area (Å²) in [5.41, 5.74) is -9.39. The minimum atomic E-state index is -4.94. The molecule has 0 aliphatic carbocycles. The quantitative estimate of drug-likeness (QED) is 0.0436. The Labute approximate surface area is 492 Å². The van der Waals surface area contributed by atoms with E-state index in [0.717, 1.165) is 35.7 Å². The number of alkyl halides is 9.